The number of hydrogen-bond donors (Lipinski definition) is 1. The zero-order chi connectivity index (χ0) is 14.7. The van der Waals surface area contributed by atoms with Gasteiger partial charge < -0.3 is 5.32 Å². The second kappa shape index (κ2) is 6.23. The van der Waals surface area contributed by atoms with Crippen LogP contribution in [0.3, 0.4) is 0 Å². The van der Waals surface area contributed by atoms with Crippen molar-refractivity contribution in [3.05, 3.63) is 52.3 Å². The zero-order valence-electron chi connectivity index (χ0n) is 13.2. The number of aryl methyl sites for hydroxylation is 4. The Kier molecular flexibility index (Phi) is 4.61. The lowest BCUT2D eigenvalue weighted by Gasteiger charge is -2.18. The molecule has 1 aromatic heterocycles. The summed E-state index contributed by atoms with van der Waals surface area (Å²) in [7, 11) is 2.02. The van der Waals surface area contributed by atoms with E-state index < -0.39 is 0 Å². The number of nitrogens with zero attached hydrogens (tertiary/aromatic N) is 2. The Balaban J connectivity index is 2.28. The van der Waals surface area contributed by atoms with Gasteiger partial charge in [-0.05, 0) is 52.8 Å². The Morgan fingerprint density at radius 3 is 2.30 bits per heavy atom. The largest absolute Gasteiger partial charge is 0.311 e. The smallest absolute Gasteiger partial charge is 0.0597 e. The Labute approximate surface area is 122 Å². The highest BCUT2D eigenvalue weighted by atomic mass is 15.3. The normalized spacial score (nSPS) is 12.7. The molecule has 0 amide bonds. The van der Waals surface area contributed by atoms with Crippen molar-refractivity contribution >= 4 is 0 Å². The monoisotopic (exact) mass is 271 g/mol. The minimum Gasteiger partial charge on any atom is -0.311 e. The van der Waals surface area contributed by atoms with Gasteiger partial charge in [0.15, 0.2) is 0 Å². The fraction of sp³-hybridized carbons (Fsp3) is 0.471. The molecule has 1 unspecified atom stereocenters. The summed E-state index contributed by atoms with van der Waals surface area (Å²) in [5.74, 6) is 0. The molecule has 3 nitrogen and oxygen atoms in total. The molecule has 0 saturated heterocycles. The van der Waals surface area contributed by atoms with E-state index in [0.29, 0.717) is 6.04 Å². The Bertz CT molecular complexity index is 564. The average molecular weight is 271 g/mol. The van der Waals surface area contributed by atoms with Gasteiger partial charge in [-0.25, -0.2) is 0 Å². The Morgan fingerprint density at radius 1 is 1.10 bits per heavy atom. The van der Waals surface area contributed by atoms with Crippen molar-refractivity contribution in [3.63, 3.8) is 0 Å². The van der Waals surface area contributed by atoms with Gasteiger partial charge in [-0.3, -0.25) is 4.68 Å². The van der Waals surface area contributed by atoms with Gasteiger partial charge in [0, 0.05) is 6.54 Å². The van der Waals surface area contributed by atoms with E-state index in [0.717, 1.165) is 18.7 Å². The van der Waals surface area contributed by atoms with Gasteiger partial charge in [0.25, 0.3) is 0 Å². The molecule has 0 aliphatic rings. The highest BCUT2D eigenvalue weighted by Crippen LogP contribution is 2.21. The molecule has 108 valence electrons. The number of benzene rings is 1. The van der Waals surface area contributed by atoms with Gasteiger partial charge in [0.2, 0.25) is 0 Å². The summed E-state index contributed by atoms with van der Waals surface area (Å²) in [6.07, 6.45) is 0.990. The Hall–Kier alpha value is -1.61. The van der Waals surface area contributed by atoms with Crippen LogP contribution in [0, 0.1) is 20.8 Å². The van der Waals surface area contributed by atoms with Crippen molar-refractivity contribution in [1.29, 1.82) is 0 Å². The summed E-state index contributed by atoms with van der Waals surface area (Å²) in [6.45, 7) is 9.42. The van der Waals surface area contributed by atoms with Crippen LogP contribution in [0.15, 0.2) is 24.3 Å². The fourth-order valence-electron chi connectivity index (χ4n) is 2.88. The second-order valence-electron chi connectivity index (χ2n) is 5.57. The van der Waals surface area contributed by atoms with Crippen LogP contribution in [0.5, 0.6) is 0 Å². The molecular formula is C17H25N3. The molecule has 0 aliphatic heterocycles. The standard InChI is InChI=1S/C17H25N3/c1-6-20-17(10-14(4)19-20)16(18-5)11-15-8-12(2)7-13(3)9-15/h7-10,16,18H,6,11H2,1-5H3. The van der Waals surface area contributed by atoms with E-state index in [1.807, 2.05) is 7.05 Å². The summed E-state index contributed by atoms with van der Waals surface area (Å²) < 4.78 is 2.10. The van der Waals surface area contributed by atoms with Crippen molar-refractivity contribution < 1.29 is 0 Å². The first kappa shape index (κ1) is 14.8. The molecule has 1 N–H and O–H groups in total. The maximum Gasteiger partial charge on any atom is 0.0597 e. The lowest BCUT2D eigenvalue weighted by Crippen LogP contribution is -2.22. The van der Waals surface area contributed by atoms with Crippen molar-refractivity contribution in [1.82, 2.24) is 15.1 Å². The molecule has 2 rings (SSSR count). The first-order valence-corrected chi connectivity index (χ1v) is 7.32. The van der Waals surface area contributed by atoms with E-state index in [1.54, 1.807) is 0 Å². The van der Waals surface area contributed by atoms with Crippen LogP contribution in [0.25, 0.3) is 0 Å². The summed E-state index contributed by atoms with van der Waals surface area (Å²) in [5.41, 5.74) is 6.39. The van der Waals surface area contributed by atoms with Crippen LogP contribution >= 0.6 is 0 Å². The predicted molar refractivity (Wildman–Crippen MR) is 84.1 cm³/mol. The van der Waals surface area contributed by atoms with E-state index in [9.17, 15) is 0 Å². The molecule has 0 fully saturated rings. The summed E-state index contributed by atoms with van der Waals surface area (Å²) in [6, 6.07) is 9.26. The minimum absolute atomic E-state index is 0.303. The van der Waals surface area contributed by atoms with E-state index in [-0.39, 0.29) is 0 Å². The van der Waals surface area contributed by atoms with E-state index in [2.05, 4.69) is 67.1 Å². The van der Waals surface area contributed by atoms with Crippen LogP contribution in [-0.4, -0.2) is 16.8 Å². The Morgan fingerprint density at radius 2 is 1.75 bits per heavy atom. The van der Waals surface area contributed by atoms with Gasteiger partial charge in [-0.15, -0.1) is 0 Å². The van der Waals surface area contributed by atoms with Gasteiger partial charge in [0.1, 0.15) is 0 Å². The maximum absolute atomic E-state index is 4.55. The minimum atomic E-state index is 0.303. The zero-order valence-corrected chi connectivity index (χ0v) is 13.2. The third-order valence-corrected chi connectivity index (χ3v) is 3.66. The molecule has 1 heterocycles. The van der Waals surface area contributed by atoms with Crippen molar-refractivity contribution in [2.75, 3.05) is 7.05 Å². The number of hydrogen-bond acceptors (Lipinski definition) is 2. The maximum atomic E-state index is 4.55. The van der Waals surface area contributed by atoms with Crippen LogP contribution in [0.4, 0.5) is 0 Å². The highest BCUT2D eigenvalue weighted by molar-refractivity contribution is 5.30. The van der Waals surface area contributed by atoms with Gasteiger partial charge in [0.05, 0.1) is 17.4 Å². The molecule has 2 aromatic rings. The molecule has 0 aliphatic carbocycles. The van der Waals surface area contributed by atoms with E-state index in [1.165, 1.54) is 22.4 Å². The topological polar surface area (TPSA) is 29.9 Å². The SMILES string of the molecule is CCn1nc(C)cc1C(Cc1cc(C)cc(C)c1)NC. The van der Waals surface area contributed by atoms with Crippen LogP contribution in [0.2, 0.25) is 0 Å². The summed E-state index contributed by atoms with van der Waals surface area (Å²) in [4.78, 5) is 0. The number of aromatic nitrogens is 2. The molecular weight excluding hydrogens is 246 g/mol. The number of nitrogens with one attached hydrogen (secondary N) is 1. The molecule has 0 radical (unpaired) electrons. The molecule has 1 aromatic carbocycles. The van der Waals surface area contributed by atoms with Crippen LogP contribution in [-0.2, 0) is 13.0 Å². The molecule has 0 bridgehead atoms. The third kappa shape index (κ3) is 3.28. The summed E-state index contributed by atoms with van der Waals surface area (Å²) in [5, 5.41) is 7.98. The van der Waals surface area contributed by atoms with Gasteiger partial charge in [-0.2, -0.15) is 5.10 Å². The predicted octanol–water partition coefficient (Wildman–Crippen LogP) is 3.33. The van der Waals surface area contributed by atoms with E-state index >= 15 is 0 Å². The highest BCUT2D eigenvalue weighted by Gasteiger charge is 2.16. The molecule has 1 atom stereocenters. The lowest BCUT2D eigenvalue weighted by molar-refractivity contribution is 0.512. The average Bonchev–Trinajstić information content (AvgIpc) is 2.76. The van der Waals surface area contributed by atoms with Crippen molar-refractivity contribution in [3.8, 4) is 0 Å². The van der Waals surface area contributed by atoms with Gasteiger partial charge >= 0.3 is 0 Å². The molecule has 0 saturated carbocycles. The summed E-state index contributed by atoms with van der Waals surface area (Å²) >= 11 is 0. The molecule has 3 heteroatoms. The van der Waals surface area contributed by atoms with Crippen molar-refractivity contribution in [2.24, 2.45) is 0 Å². The first-order valence-electron chi connectivity index (χ1n) is 7.32. The van der Waals surface area contributed by atoms with E-state index in [4.69, 9.17) is 0 Å². The molecule has 20 heavy (non-hydrogen) atoms. The first-order chi connectivity index (χ1) is 9.53. The number of likely N-dealkylation sites (N-methyl/N-ethyl adjacent to an activating group) is 1. The molecule has 0 spiro atoms. The quantitative estimate of drug-likeness (QED) is 0.904. The fourth-order valence-corrected chi connectivity index (χ4v) is 2.88. The number of rotatable bonds is 5. The van der Waals surface area contributed by atoms with Crippen molar-refractivity contribution in [2.45, 2.75) is 46.7 Å². The second-order valence-corrected chi connectivity index (χ2v) is 5.57. The van der Waals surface area contributed by atoms with Gasteiger partial charge in [-0.1, -0.05) is 29.3 Å². The van der Waals surface area contributed by atoms with Crippen LogP contribution in [0.1, 0.15) is 41.0 Å². The van der Waals surface area contributed by atoms with Crippen LogP contribution < -0.4 is 5.32 Å². The lowest BCUT2D eigenvalue weighted by atomic mass is 9.99. The third-order valence-electron chi connectivity index (χ3n) is 3.66.